The van der Waals surface area contributed by atoms with Crippen molar-refractivity contribution in [3.63, 3.8) is 0 Å². The third-order valence-electron chi connectivity index (χ3n) is 16.8. The number of hydrogen-bond donors (Lipinski definition) is 8. The van der Waals surface area contributed by atoms with Gasteiger partial charge in [-0.3, -0.25) is 47.7 Å². The van der Waals surface area contributed by atoms with Crippen molar-refractivity contribution in [1.82, 2.24) is 40.6 Å². The molecule has 9 N–H and O–H groups in total. The summed E-state index contributed by atoms with van der Waals surface area (Å²) in [5.74, 6) is -4.20. The lowest BCUT2D eigenvalue weighted by molar-refractivity contribution is -0.146. The molecule has 0 radical (unpaired) electrons. The second kappa shape index (κ2) is 28.4. The molecule has 3 aliphatic heterocycles. The first-order valence-corrected chi connectivity index (χ1v) is 32.4. The van der Waals surface area contributed by atoms with Crippen LogP contribution < -0.4 is 26.4 Å². The number of nitrogens with zero attached hydrogens (tertiary/aromatic N) is 4. The monoisotopic (exact) mass is 1270 g/mol. The minimum atomic E-state index is -5.09. The zero-order chi connectivity index (χ0) is 63.9. The van der Waals surface area contributed by atoms with Crippen LogP contribution in [0, 0.1) is 18.3 Å². The molecule has 88 heavy (non-hydrogen) atoms. The number of ketones is 1. The van der Waals surface area contributed by atoms with Gasteiger partial charge in [-0.05, 0) is 111 Å². The molecule has 0 bridgehead atoms. The van der Waals surface area contributed by atoms with Crippen LogP contribution in [0.5, 0.6) is 5.75 Å². The van der Waals surface area contributed by atoms with E-state index in [4.69, 9.17) is 22.1 Å². The third kappa shape index (κ3) is 16.3. The Kier molecular flexibility index (Phi) is 21.5. The summed E-state index contributed by atoms with van der Waals surface area (Å²) in [6.45, 7) is 10.6. The zero-order valence-corrected chi connectivity index (χ0v) is 52.6. The molecule has 3 aliphatic rings. The highest BCUT2D eigenvalue weighted by Crippen LogP contribution is 2.40. The Morgan fingerprint density at radius 1 is 0.932 bits per heavy atom. The Hall–Kier alpha value is -7.34. The summed E-state index contributed by atoms with van der Waals surface area (Å²) in [6.07, 6.45) is 1.76. The summed E-state index contributed by atoms with van der Waals surface area (Å²) in [5.41, 5.74) is 8.91. The van der Waals surface area contributed by atoms with Gasteiger partial charge in [-0.25, -0.2) is 4.98 Å². The number of benzene rings is 3. The summed E-state index contributed by atoms with van der Waals surface area (Å²) in [7, 11) is -5.09. The number of aliphatic hydroxyl groups excluding tert-OH is 1. The molecular weight excluding hydrogens is 1190 g/mol. The summed E-state index contributed by atoms with van der Waals surface area (Å²) in [6, 6.07) is 13.4. The second-order valence-corrected chi connectivity index (χ2v) is 27.0. The topological polar surface area (TPSA) is 341 Å². The van der Waals surface area contributed by atoms with Crippen LogP contribution in [0.15, 0.2) is 72.2 Å². The Morgan fingerprint density at radius 3 is 2.33 bits per heavy atom. The molecule has 26 heteroatoms. The van der Waals surface area contributed by atoms with Crippen LogP contribution in [0.1, 0.15) is 143 Å². The quantitative estimate of drug-likeness (QED) is 0.0249. The van der Waals surface area contributed by atoms with E-state index in [1.54, 1.807) is 29.0 Å². The predicted molar refractivity (Wildman–Crippen MR) is 329 cm³/mol. The number of aryl methyl sites for hydroxylation is 2. The first-order chi connectivity index (χ1) is 41.6. The maximum atomic E-state index is 14.6. The van der Waals surface area contributed by atoms with Gasteiger partial charge in [0, 0.05) is 80.7 Å². The van der Waals surface area contributed by atoms with Crippen molar-refractivity contribution >= 4 is 94.1 Å². The highest BCUT2D eigenvalue weighted by Gasteiger charge is 2.47. The second-order valence-electron chi connectivity index (χ2n) is 24.2. The molecule has 8 rings (SSSR count). The number of rotatable bonds is 24. The highest BCUT2D eigenvalue weighted by molar-refractivity contribution is 7.70. The lowest BCUT2D eigenvalue weighted by Gasteiger charge is -2.38. The number of carbonyl (C=O) groups is 9. The maximum Gasteiger partial charge on any atom is 0.396 e. The number of unbranched alkanes of at least 4 members (excludes halogenated alkanes) is 1. The van der Waals surface area contributed by atoms with Crippen LogP contribution in [-0.2, 0) is 44.5 Å². The molecule has 3 saturated heterocycles. The van der Waals surface area contributed by atoms with E-state index in [0.717, 1.165) is 27.3 Å². The number of β-amino-alcohol motifs (C(OH)–C–C–N with tert-alkyl or cyclic N) is 1. The Bertz CT molecular complexity index is 3510. The molecule has 0 unspecified atom stereocenters. The Morgan fingerprint density at radius 2 is 1.66 bits per heavy atom. The van der Waals surface area contributed by atoms with Crippen molar-refractivity contribution in [1.29, 1.82) is 0 Å². The first-order valence-electron chi connectivity index (χ1n) is 29.5. The zero-order valence-electron chi connectivity index (χ0n) is 50.1. The van der Waals surface area contributed by atoms with E-state index in [0.29, 0.717) is 48.4 Å². The summed E-state index contributed by atoms with van der Waals surface area (Å²) in [4.78, 5) is 153. The number of ether oxygens (including phenoxy) is 1. The van der Waals surface area contributed by atoms with E-state index in [9.17, 15) is 62.6 Å². The number of fused-ring (bicyclic) bond motifs is 2. The number of aromatic nitrogens is 2. The fourth-order valence-corrected chi connectivity index (χ4v) is 13.4. The molecule has 5 heterocycles. The van der Waals surface area contributed by atoms with Crippen LogP contribution in [0.25, 0.3) is 21.3 Å². The van der Waals surface area contributed by atoms with E-state index < -0.39 is 84.4 Å². The van der Waals surface area contributed by atoms with Gasteiger partial charge in [0.25, 0.3) is 11.4 Å². The number of likely N-dealkylation sites (tertiary alicyclic amines) is 1. The van der Waals surface area contributed by atoms with Gasteiger partial charge in [-0.15, -0.1) is 11.3 Å². The van der Waals surface area contributed by atoms with Crippen molar-refractivity contribution < 1.29 is 67.3 Å². The molecule has 8 atom stereocenters. The fraction of sp³-hybridized carbons (Fsp3) is 0.484. The van der Waals surface area contributed by atoms with Crippen LogP contribution in [0.4, 0.5) is 0 Å². The molecule has 0 aliphatic carbocycles. The number of primary amides is 1. The minimum Gasteiger partial charge on any atom is -0.490 e. The molecule has 0 saturated carbocycles. The number of aromatic amines is 1. The molecule has 23 nitrogen and oxygen atoms in total. The Balaban J connectivity index is 0.852. The van der Waals surface area contributed by atoms with E-state index in [2.05, 4.69) is 25.9 Å². The number of nitrogens with one attached hydrogen (secondary N) is 4. The van der Waals surface area contributed by atoms with Gasteiger partial charge < -0.3 is 61.0 Å². The van der Waals surface area contributed by atoms with Crippen LogP contribution >= 0.6 is 30.5 Å². The number of H-pyrrole nitrogens is 1. The van der Waals surface area contributed by atoms with Gasteiger partial charge in [0.15, 0.2) is 0 Å². The molecule has 5 aromatic rings. The minimum absolute atomic E-state index is 0.0282. The fourth-order valence-electron chi connectivity index (χ4n) is 11.8. The lowest BCUT2D eigenvalue weighted by atomic mass is 9.76. The van der Waals surface area contributed by atoms with E-state index in [-0.39, 0.29) is 111 Å². The number of carbonyl (C=O) groups excluding carboxylic acids is 9. The number of nitrogens with two attached hydrogens (primary N) is 1. The van der Waals surface area contributed by atoms with Crippen LogP contribution in [-0.4, -0.2) is 155 Å². The van der Waals surface area contributed by atoms with Gasteiger partial charge in [0.2, 0.25) is 35.4 Å². The SMILES string of the molecule is CC(=O)N1CC[C@H]2CC[C@@H](C(=O)N[C@@H](CCC(N)=O)COc3cccc(CCCCC(=O)C[C@H](C(=O)N4C[C@H](O)C[C@H]4C(=O)N[C@@H](C)c4ccc(-c5scnc5C)cc4)C(C)(C)C)c3Cl)N2C(=O)[C@@H](NC(=O)c2cc3cc(C(=O)P(=O)(O)O)ccc3[nH]2)C1. The van der Waals surface area contributed by atoms with Gasteiger partial charge in [-0.2, -0.15) is 0 Å². The standard InChI is InChI=1S/C62H77ClN9O14PS/c1-34(37-14-16-39(17-15-37)55-35(2)65-33-88-55)66-58(79)51-29-45(75)30-71(51)59(80)46(62(4,5)6)28-44(74)12-8-7-10-38-11-9-13-52(54(38)63)86-32-42(19-23-53(64)76)67-57(78)50-22-20-43-24-25-70(36(3)73)31-49(60(81)72(43)50)69-56(77)48-27-41-26-40(18-21-47(41)68-48)61(82)87(83,84)85/h9,11,13-18,21,26-27,33-34,42-43,45-46,49-51,68,75H,7-8,10,12,19-20,22-25,28-32H2,1-6H3,(H2,64,76)(H,66,79)(H,67,78)(H,69,77)(H2,83,84,85)/t34-,42-,43+,45+,46+,49-,50-,51-/m0/s1. The van der Waals surface area contributed by atoms with Crippen LogP contribution in [0.2, 0.25) is 5.02 Å². The van der Waals surface area contributed by atoms with Crippen LogP contribution in [0.3, 0.4) is 0 Å². The summed E-state index contributed by atoms with van der Waals surface area (Å²) < 4.78 is 17.8. The van der Waals surface area contributed by atoms with Gasteiger partial charge >= 0.3 is 7.60 Å². The molecule has 472 valence electrons. The summed E-state index contributed by atoms with van der Waals surface area (Å²) in [5, 5.41) is 20.1. The van der Waals surface area contributed by atoms with Crippen molar-refractivity contribution in [2.24, 2.45) is 17.1 Å². The predicted octanol–water partition coefficient (Wildman–Crippen LogP) is 6.28. The molecule has 3 aromatic carbocycles. The van der Waals surface area contributed by atoms with Gasteiger partial charge in [-0.1, -0.05) is 68.8 Å². The van der Waals surface area contributed by atoms with E-state index >= 15 is 0 Å². The number of hydrogen-bond acceptors (Lipinski definition) is 14. The average molecular weight is 1270 g/mol. The van der Waals surface area contributed by atoms with Crippen molar-refractivity contribution in [2.75, 3.05) is 26.2 Å². The Labute approximate surface area is 519 Å². The maximum absolute atomic E-state index is 14.6. The molecular formula is C62H77ClN9O14PS. The lowest BCUT2D eigenvalue weighted by Crippen LogP contribution is -2.61. The highest BCUT2D eigenvalue weighted by atomic mass is 35.5. The molecule has 7 amide bonds. The molecule has 0 spiro atoms. The number of halogens is 1. The largest absolute Gasteiger partial charge is 0.490 e. The van der Waals surface area contributed by atoms with Gasteiger partial charge in [0.05, 0.1) is 39.3 Å². The summed E-state index contributed by atoms with van der Waals surface area (Å²) >= 11 is 8.48. The third-order valence-corrected chi connectivity index (χ3v) is 19.0. The molecule has 2 aromatic heterocycles. The van der Waals surface area contributed by atoms with E-state index in [1.165, 1.54) is 45.9 Å². The smallest absolute Gasteiger partial charge is 0.396 e. The number of Topliss-reactive ketones (excluding diaryl/α,β-unsaturated/α-hetero) is 1. The van der Waals surface area contributed by atoms with E-state index in [1.807, 2.05) is 65.0 Å². The number of thiazole rings is 1. The normalized spacial score (nSPS) is 19.9. The number of amides is 7. The first kappa shape index (κ1) is 66.6. The van der Waals surface area contributed by atoms with Crippen molar-refractivity contribution in [3.05, 3.63) is 105 Å². The van der Waals surface area contributed by atoms with Crippen molar-refractivity contribution in [3.8, 4) is 16.2 Å². The molecule has 3 fully saturated rings. The van der Waals surface area contributed by atoms with Crippen molar-refractivity contribution in [2.45, 2.75) is 155 Å². The number of aliphatic hydroxyl groups is 1. The van der Waals surface area contributed by atoms with Gasteiger partial charge in [0.1, 0.15) is 42.0 Å². The average Bonchev–Trinajstić information content (AvgIpc) is 4.22.